The van der Waals surface area contributed by atoms with Crippen LogP contribution in [0, 0.1) is 10.1 Å². The summed E-state index contributed by atoms with van der Waals surface area (Å²) in [5.41, 5.74) is 0.763. The first-order valence-electron chi connectivity index (χ1n) is 8.33. The average Bonchev–Trinajstić information content (AvgIpc) is 2.65. The van der Waals surface area contributed by atoms with Crippen LogP contribution in [0.15, 0.2) is 72.8 Å². The second-order valence-electron chi connectivity index (χ2n) is 5.54. The first-order chi connectivity index (χ1) is 12.6. The van der Waals surface area contributed by atoms with Crippen molar-refractivity contribution in [2.24, 2.45) is 0 Å². The van der Waals surface area contributed by atoms with E-state index in [0.717, 1.165) is 5.56 Å². The van der Waals surface area contributed by atoms with Crippen molar-refractivity contribution in [3.8, 4) is 5.75 Å². The van der Waals surface area contributed by atoms with Crippen molar-refractivity contribution in [3.63, 3.8) is 0 Å². The summed E-state index contributed by atoms with van der Waals surface area (Å²) in [7, 11) is 0. The number of carbonyl (C=O) groups excluding carboxylic acids is 1. The number of nitro groups is 1. The van der Waals surface area contributed by atoms with Gasteiger partial charge in [-0.3, -0.25) is 10.1 Å². The third-order valence-electron chi connectivity index (χ3n) is 3.69. The van der Waals surface area contributed by atoms with Gasteiger partial charge >= 0.3 is 5.97 Å². The van der Waals surface area contributed by atoms with Gasteiger partial charge in [0.05, 0.1) is 12.5 Å². The number of nitrogens with zero attached hydrogens (tertiary/aromatic N) is 1. The number of rotatable bonds is 9. The summed E-state index contributed by atoms with van der Waals surface area (Å²) in [5.74, 6) is -0.505. The number of ether oxygens (including phenoxy) is 2. The molecule has 0 aliphatic carbocycles. The highest BCUT2D eigenvalue weighted by atomic mass is 16.6. The summed E-state index contributed by atoms with van der Waals surface area (Å²) >= 11 is 0. The Morgan fingerprint density at radius 1 is 1.12 bits per heavy atom. The summed E-state index contributed by atoms with van der Waals surface area (Å²) in [6, 6.07) is 18.1. The fraction of sp³-hybridized carbons (Fsp3) is 0.250. The van der Waals surface area contributed by atoms with E-state index >= 15 is 0 Å². The van der Waals surface area contributed by atoms with E-state index in [9.17, 15) is 14.9 Å². The highest BCUT2D eigenvalue weighted by molar-refractivity contribution is 5.82. The highest BCUT2D eigenvalue weighted by Crippen LogP contribution is 2.25. The predicted molar refractivity (Wildman–Crippen MR) is 97.7 cm³/mol. The van der Waals surface area contributed by atoms with Gasteiger partial charge in [0.2, 0.25) is 6.54 Å². The highest BCUT2D eigenvalue weighted by Gasteiger charge is 2.28. The molecule has 2 aromatic rings. The molecule has 6 nitrogen and oxygen atoms in total. The quantitative estimate of drug-likeness (QED) is 0.297. The number of carbonyl (C=O) groups is 1. The number of hydrogen-bond donors (Lipinski definition) is 0. The van der Waals surface area contributed by atoms with Gasteiger partial charge in [-0.1, -0.05) is 48.5 Å². The Kier molecular flexibility index (Phi) is 7.36. The normalized spacial score (nSPS) is 13.1. The zero-order valence-corrected chi connectivity index (χ0v) is 14.5. The summed E-state index contributed by atoms with van der Waals surface area (Å²) < 4.78 is 10.9. The van der Waals surface area contributed by atoms with Gasteiger partial charge in [-0.25, -0.2) is 4.79 Å². The fourth-order valence-corrected chi connectivity index (χ4v) is 2.54. The zero-order valence-electron chi connectivity index (χ0n) is 14.5. The Morgan fingerprint density at radius 3 is 2.31 bits per heavy atom. The molecule has 0 amide bonds. The van der Waals surface area contributed by atoms with Crippen LogP contribution >= 0.6 is 0 Å². The summed E-state index contributed by atoms with van der Waals surface area (Å²) in [5, 5.41) is 11.2. The van der Waals surface area contributed by atoms with E-state index in [2.05, 4.69) is 0 Å². The molecule has 0 unspecified atom stereocenters. The molecule has 0 bridgehead atoms. The van der Waals surface area contributed by atoms with Crippen LogP contribution in [-0.2, 0) is 9.53 Å². The molecule has 0 saturated carbocycles. The number of esters is 1. The maximum atomic E-state index is 11.7. The monoisotopic (exact) mass is 355 g/mol. The second-order valence-corrected chi connectivity index (χ2v) is 5.54. The maximum Gasteiger partial charge on any atom is 0.330 e. The van der Waals surface area contributed by atoms with Crippen LogP contribution in [0.4, 0.5) is 0 Å². The summed E-state index contributed by atoms with van der Waals surface area (Å²) in [6.45, 7) is 1.64. The Hall–Kier alpha value is -3.15. The van der Waals surface area contributed by atoms with Crippen LogP contribution in [0.3, 0.4) is 0 Å². The molecule has 0 saturated heterocycles. The van der Waals surface area contributed by atoms with Gasteiger partial charge in [0.25, 0.3) is 0 Å². The van der Waals surface area contributed by atoms with Crippen LogP contribution in [0.5, 0.6) is 5.75 Å². The lowest BCUT2D eigenvalue weighted by molar-refractivity contribution is -0.484. The summed E-state index contributed by atoms with van der Waals surface area (Å²) in [4.78, 5) is 22.5. The van der Waals surface area contributed by atoms with Crippen LogP contribution < -0.4 is 4.74 Å². The van der Waals surface area contributed by atoms with Crippen molar-refractivity contribution in [1.29, 1.82) is 0 Å². The smallest absolute Gasteiger partial charge is 0.330 e. The Bertz CT molecular complexity index is 730. The van der Waals surface area contributed by atoms with Gasteiger partial charge in [-0.05, 0) is 30.7 Å². The number of para-hydroxylation sites is 1. The van der Waals surface area contributed by atoms with Crippen molar-refractivity contribution >= 4 is 5.97 Å². The molecule has 0 aliphatic heterocycles. The van der Waals surface area contributed by atoms with Crippen LogP contribution in [0.1, 0.15) is 18.4 Å². The first-order valence-corrected chi connectivity index (χ1v) is 8.33. The molecular weight excluding hydrogens is 334 g/mol. The minimum Gasteiger partial charge on any atom is -0.485 e. The largest absolute Gasteiger partial charge is 0.485 e. The molecule has 2 atom stereocenters. The molecular formula is C20H21NO5. The van der Waals surface area contributed by atoms with Crippen molar-refractivity contribution in [1.82, 2.24) is 0 Å². The number of benzene rings is 2. The van der Waals surface area contributed by atoms with Crippen LogP contribution in [0.2, 0.25) is 0 Å². The third kappa shape index (κ3) is 6.05. The summed E-state index contributed by atoms with van der Waals surface area (Å²) in [6.07, 6.45) is 2.08. The molecule has 2 aromatic carbocycles. The average molecular weight is 355 g/mol. The van der Waals surface area contributed by atoms with Gasteiger partial charge in [-0.15, -0.1) is 0 Å². The molecule has 0 radical (unpaired) electrons. The van der Waals surface area contributed by atoms with E-state index in [1.54, 1.807) is 19.1 Å². The molecule has 2 rings (SSSR count). The molecule has 0 aromatic heterocycles. The van der Waals surface area contributed by atoms with Gasteiger partial charge in [0, 0.05) is 11.0 Å². The van der Waals surface area contributed by atoms with Crippen molar-refractivity contribution in [3.05, 3.63) is 88.5 Å². The van der Waals surface area contributed by atoms with Crippen molar-refractivity contribution in [2.75, 3.05) is 13.2 Å². The van der Waals surface area contributed by atoms with E-state index in [0.29, 0.717) is 5.75 Å². The van der Waals surface area contributed by atoms with Crippen LogP contribution in [0.25, 0.3) is 0 Å². The molecule has 136 valence electrons. The fourth-order valence-electron chi connectivity index (χ4n) is 2.54. The minimum absolute atomic E-state index is 0.254. The van der Waals surface area contributed by atoms with E-state index < -0.39 is 18.0 Å². The third-order valence-corrected chi connectivity index (χ3v) is 3.69. The molecule has 0 aliphatic rings. The Balaban J connectivity index is 2.33. The van der Waals surface area contributed by atoms with Crippen molar-refractivity contribution in [2.45, 2.75) is 18.9 Å². The van der Waals surface area contributed by atoms with E-state index in [4.69, 9.17) is 9.47 Å². The second kappa shape index (κ2) is 9.98. The lowest BCUT2D eigenvalue weighted by atomic mass is 9.92. The molecule has 0 N–H and O–H groups in total. The first kappa shape index (κ1) is 19.2. The lowest BCUT2D eigenvalue weighted by Crippen LogP contribution is -2.29. The SMILES string of the molecule is CCOC(=O)/C=C/[C@H](Oc1ccccc1)[C@H](C[N+](=O)[O-])c1ccccc1. The molecule has 0 fully saturated rings. The molecule has 0 heterocycles. The predicted octanol–water partition coefficient (Wildman–Crippen LogP) is 3.61. The topological polar surface area (TPSA) is 78.7 Å². The van der Waals surface area contributed by atoms with E-state index in [1.807, 2.05) is 48.5 Å². The zero-order chi connectivity index (χ0) is 18.8. The van der Waals surface area contributed by atoms with E-state index in [-0.39, 0.29) is 18.1 Å². The molecule has 26 heavy (non-hydrogen) atoms. The standard InChI is InChI=1S/C20H21NO5/c1-2-25-20(22)14-13-19(26-17-11-7-4-8-12-17)18(15-21(23)24)16-9-5-3-6-10-16/h3-14,18-19H,2,15H2,1H3/b14-13+/t18-,19+/m1/s1. The van der Waals surface area contributed by atoms with Gasteiger partial charge in [0.15, 0.2) is 0 Å². The minimum atomic E-state index is -0.699. The van der Waals surface area contributed by atoms with Gasteiger partial charge in [0.1, 0.15) is 11.9 Å². The molecule has 6 heteroatoms. The van der Waals surface area contributed by atoms with Gasteiger partial charge in [-0.2, -0.15) is 0 Å². The number of hydrogen-bond acceptors (Lipinski definition) is 5. The van der Waals surface area contributed by atoms with Gasteiger partial charge < -0.3 is 9.47 Å². The van der Waals surface area contributed by atoms with E-state index in [1.165, 1.54) is 12.2 Å². The van der Waals surface area contributed by atoms with Crippen molar-refractivity contribution < 1.29 is 19.2 Å². The lowest BCUT2D eigenvalue weighted by Gasteiger charge is -2.23. The van der Waals surface area contributed by atoms with Crippen LogP contribution in [-0.4, -0.2) is 30.1 Å². The Labute approximate surface area is 152 Å². The Morgan fingerprint density at radius 2 is 1.73 bits per heavy atom. The molecule has 0 spiro atoms. The maximum absolute atomic E-state index is 11.7.